The largest absolute Gasteiger partial charge is 0.446 e. The number of likely N-dealkylation sites (tertiary alicyclic amines) is 1. The van der Waals surface area contributed by atoms with Crippen LogP contribution in [-0.2, 0) is 9.53 Å². The standard InChI is InChI=1S/C25H31N5O4/c1-13(2)18-6-5-14(3)7-20(18)34-25(33)28-12-16-9-21(28)30-22(16)23(31)29(24(30)32)17-8-15(4)19(10-26)27-11-17/h8,11,13-14,16,18,20-22H,5-7,9,12H2,1-4H3/t14-,16+,18+,20-,21+,22+/m0/s1. The Morgan fingerprint density at radius 3 is 2.71 bits per heavy atom. The average Bonchev–Trinajstić information content (AvgIpc) is 3.45. The highest BCUT2D eigenvalue weighted by molar-refractivity contribution is 6.22. The van der Waals surface area contributed by atoms with Gasteiger partial charge in [0.25, 0.3) is 5.91 Å². The molecule has 0 aromatic carbocycles. The third kappa shape index (κ3) is 3.42. The number of fused-ring (bicyclic) bond motifs is 5. The van der Waals surface area contributed by atoms with Gasteiger partial charge in [-0.25, -0.2) is 19.5 Å². The molecular weight excluding hydrogens is 434 g/mol. The van der Waals surface area contributed by atoms with Crippen LogP contribution in [-0.4, -0.2) is 57.7 Å². The average molecular weight is 466 g/mol. The molecule has 3 aliphatic heterocycles. The van der Waals surface area contributed by atoms with Gasteiger partial charge in [-0.2, -0.15) is 5.26 Å². The summed E-state index contributed by atoms with van der Waals surface area (Å²) < 4.78 is 6.05. The Kier molecular flexibility index (Phi) is 5.50. The van der Waals surface area contributed by atoms with E-state index in [9.17, 15) is 14.4 Å². The van der Waals surface area contributed by atoms with E-state index in [1.165, 1.54) is 11.1 Å². The van der Waals surface area contributed by atoms with Crippen LogP contribution in [0.2, 0.25) is 0 Å². The number of nitrogens with zero attached hydrogens (tertiary/aromatic N) is 5. The zero-order valence-corrected chi connectivity index (χ0v) is 20.1. The minimum Gasteiger partial charge on any atom is -0.446 e. The molecule has 180 valence electrons. The monoisotopic (exact) mass is 465 g/mol. The highest BCUT2D eigenvalue weighted by Crippen LogP contribution is 2.45. The molecule has 1 aromatic rings. The first-order chi connectivity index (χ1) is 16.2. The Labute approximate surface area is 199 Å². The second-order valence-electron chi connectivity index (χ2n) is 10.7. The van der Waals surface area contributed by atoms with E-state index in [1.807, 2.05) is 6.07 Å². The number of pyridine rings is 1. The van der Waals surface area contributed by atoms with E-state index in [2.05, 4.69) is 25.8 Å². The fourth-order valence-electron chi connectivity index (χ4n) is 6.34. The Bertz CT molecular complexity index is 1080. The molecule has 4 amide bonds. The topological polar surface area (TPSA) is 107 Å². The van der Waals surface area contributed by atoms with Crippen LogP contribution in [0.4, 0.5) is 15.3 Å². The summed E-state index contributed by atoms with van der Waals surface area (Å²) in [5.74, 6) is 0.879. The normalized spacial score (nSPS) is 32.4. The number of carbonyl (C=O) groups is 3. The zero-order chi connectivity index (χ0) is 24.3. The van der Waals surface area contributed by atoms with Crippen molar-refractivity contribution in [2.45, 2.75) is 71.7 Å². The van der Waals surface area contributed by atoms with Gasteiger partial charge in [0.2, 0.25) is 0 Å². The molecule has 34 heavy (non-hydrogen) atoms. The molecule has 6 atom stereocenters. The van der Waals surface area contributed by atoms with E-state index in [1.54, 1.807) is 17.9 Å². The van der Waals surface area contributed by atoms with Crippen molar-refractivity contribution in [1.29, 1.82) is 5.26 Å². The van der Waals surface area contributed by atoms with Crippen LogP contribution in [0.1, 0.15) is 57.7 Å². The molecular formula is C25H31N5O4. The fourth-order valence-corrected chi connectivity index (χ4v) is 6.34. The lowest BCUT2D eigenvalue weighted by Crippen LogP contribution is -2.55. The van der Waals surface area contributed by atoms with Crippen molar-refractivity contribution >= 4 is 23.7 Å². The van der Waals surface area contributed by atoms with E-state index in [4.69, 9.17) is 10.00 Å². The number of nitriles is 1. The smallest absolute Gasteiger partial charge is 0.411 e. The molecule has 3 saturated heterocycles. The minimum absolute atomic E-state index is 0.113. The first-order valence-corrected chi connectivity index (χ1v) is 12.2. The Balaban J connectivity index is 1.34. The minimum atomic E-state index is -0.574. The zero-order valence-electron chi connectivity index (χ0n) is 20.1. The summed E-state index contributed by atoms with van der Waals surface area (Å²) in [6.45, 7) is 8.68. The van der Waals surface area contributed by atoms with Gasteiger partial charge in [0, 0.05) is 12.5 Å². The predicted molar refractivity (Wildman–Crippen MR) is 122 cm³/mol. The maximum Gasteiger partial charge on any atom is 0.411 e. The van der Waals surface area contributed by atoms with Crippen molar-refractivity contribution in [1.82, 2.24) is 14.8 Å². The highest BCUT2D eigenvalue weighted by Gasteiger charge is 2.63. The van der Waals surface area contributed by atoms with Gasteiger partial charge in [0.05, 0.1) is 11.9 Å². The van der Waals surface area contributed by atoms with Gasteiger partial charge in [-0.1, -0.05) is 27.2 Å². The summed E-state index contributed by atoms with van der Waals surface area (Å²) in [7, 11) is 0. The fraction of sp³-hybridized carbons (Fsp3) is 0.640. The van der Waals surface area contributed by atoms with E-state index in [0.717, 1.165) is 24.2 Å². The first kappa shape index (κ1) is 22.6. The van der Waals surface area contributed by atoms with E-state index in [0.29, 0.717) is 42.0 Å². The van der Waals surface area contributed by atoms with Crippen molar-refractivity contribution < 1.29 is 19.1 Å². The van der Waals surface area contributed by atoms with Crippen molar-refractivity contribution in [3.63, 3.8) is 0 Å². The van der Waals surface area contributed by atoms with Crippen LogP contribution in [0.25, 0.3) is 0 Å². The van der Waals surface area contributed by atoms with Gasteiger partial charge in [0.15, 0.2) is 0 Å². The molecule has 1 saturated carbocycles. The van der Waals surface area contributed by atoms with E-state index >= 15 is 0 Å². The van der Waals surface area contributed by atoms with Crippen LogP contribution < -0.4 is 4.90 Å². The van der Waals surface area contributed by atoms with Gasteiger partial charge < -0.3 is 4.74 Å². The first-order valence-electron chi connectivity index (χ1n) is 12.2. The van der Waals surface area contributed by atoms with Crippen LogP contribution in [0.15, 0.2) is 12.3 Å². The molecule has 4 aliphatic rings. The van der Waals surface area contributed by atoms with Crippen LogP contribution >= 0.6 is 0 Å². The number of hydrogen-bond donors (Lipinski definition) is 0. The maximum absolute atomic E-state index is 13.4. The number of aryl methyl sites for hydroxylation is 1. The van der Waals surface area contributed by atoms with Crippen LogP contribution in [0.5, 0.6) is 0 Å². The number of rotatable bonds is 3. The lowest BCUT2D eigenvalue weighted by atomic mass is 9.75. The van der Waals surface area contributed by atoms with Crippen molar-refractivity contribution in [3.05, 3.63) is 23.5 Å². The molecule has 1 aliphatic carbocycles. The van der Waals surface area contributed by atoms with Crippen molar-refractivity contribution in [2.24, 2.45) is 23.7 Å². The molecule has 0 spiro atoms. The highest BCUT2D eigenvalue weighted by atomic mass is 16.6. The third-order valence-electron chi connectivity index (χ3n) is 8.13. The van der Waals surface area contributed by atoms with Crippen LogP contribution in [0.3, 0.4) is 0 Å². The van der Waals surface area contributed by atoms with Gasteiger partial charge in [-0.3, -0.25) is 14.6 Å². The molecule has 0 unspecified atom stereocenters. The second kappa shape index (κ2) is 8.26. The SMILES string of the molecule is Cc1cc(N2C(=O)[C@H]3[C@@H]4C[C@H](N(C(=O)O[C@H]5C[C@@H](C)CC[C@@H]5C(C)C)C4)N3C2=O)cnc1C#N. The third-order valence-corrected chi connectivity index (χ3v) is 8.13. The number of urea groups is 1. The molecule has 5 rings (SSSR count). The van der Waals surface area contributed by atoms with Crippen molar-refractivity contribution in [3.8, 4) is 6.07 Å². The summed E-state index contributed by atoms with van der Waals surface area (Å²) in [4.78, 5) is 48.2. The number of amides is 4. The molecule has 9 nitrogen and oxygen atoms in total. The molecule has 9 heteroatoms. The Hall–Kier alpha value is -3.15. The quantitative estimate of drug-likeness (QED) is 0.631. The molecule has 2 bridgehead atoms. The molecule has 4 heterocycles. The molecule has 0 N–H and O–H groups in total. The van der Waals surface area contributed by atoms with Gasteiger partial charge in [-0.15, -0.1) is 0 Å². The Morgan fingerprint density at radius 2 is 2.03 bits per heavy atom. The van der Waals surface area contributed by atoms with Gasteiger partial charge in [0.1, 0.15) is 30.1 Å². The summed E-state index contributed by atoms with van der Waals surface area (Å²) in [6, 6.07) is 2.61. The number of ether oxygens (including phenoxy) is 1. The molecule has 0 radical (unpaired) electrons. The lowest BCUT2D eigenvalue weighted by Gasteiger charge is -2.40. The predicted octanol–water partition coefficient (Wildman–Crippen LogP) is 3.66. The lowest BCUT2D eigenvalue weighted by molar-refractivity contribution is -0.121. The van der Waals surface area contributed by atoms with E-state index < -0.39 is 18.2 Å². The maximum atomic E-state index is 13.4. The number of hydrogen-bond acceptors (Lipinski definition) is 6. The van der Waals surface area contributed by atoms with Gasteiger partial charge in [-0.05, 0) is 55.6 Å². The Morgan fingerprint density at radius 1 is 1.26 bits per heavy atom. The second-order valence-corrected chi connectivity index (χ2v) is 10.7. The van der Waals surface area contributed by atoms with Crippen LogP contribution in [0, 0.1) is 41.9 Å². The summed E-state index contributed by atoms with van der Waals surface area (Å²) in [5, 5.41) is 9.13. The molecule has 4 fully saturated rings. The number of imide groups is 1. The number of anilines is 1. The summed E-state index contributed by atoms with van der Waals surface area (Å²) in [5.41, 5.74) is 1.21. The van der Waals surface area contributed by atoms with E-state index in [-0.39, 0.29) is 29.7 Å². The molecule has 1 aromatic heterocycles. The number of aromatic nitrogens is 1. The summed E-state index contributed by atoms with van der Waals surface area (Å²) >= 11 is 0. The summed E-state index contributed by atoms with van der Waals surface area (Å²) in [6.07, 6.45) is 4.05. The van der Waals surface area contributed by atoms with Gasteiger partial charge >= 0.3 is 12.1 Å². The number of carbonyl (C=O) groups excluding carboxylic acids is 3. The van der Waals surface area contributed by atoms with Crippen molar-refractivity contribution in [2.75, 3.05) is 11.4 Å².